The SMILES string of the molecule is CN(C)C(=Cc1ccccc1)C(=O)Cl. The minimum absolute atomic E-state index is 0.446. The fourth-order valence-electron chi connectivity index (χ4n) is 1.07. The van der Waals surface area contributed by atoms with Crippen molar-refractivity contribution < 1.29 is 4.79 Å². The third kappa shape index (κ3) is 2.89. The molecule has 0 unspecified atom stereocenters. The van der Waals surface area contributed by atoms with Gasteiger partial charge in [-0.2, -0.15) is 0 Å². The van der Waals surface area contributed by atoms with Crippen LogP contribution in [0.25, 0.3) is 6.08 Å². The monoisotopic (exact) mass is 209 g/mol. The minimum atomic E-state index is -0.446. The molecule has 1 aromatic carbocycles. The number of rotatable bonds is 3. The summed E-state index contributed by atoms with van der Waals surface area (Å²) in [5.41, 5.74) is 1.45. The third-order valence-electron chi connectivity index (χ3n) is 1.79. The van der Waals surface area contributed by atoms with E-state index in [1.165, 1.54) is 0 Å². The largest absolute Gasteiger partial charge is 0.374 e. The highest BCUT2D eigenvalue weighted by Gasteiger charge is 2.07. The van der Waals surface area contributed by atoms with Crippen LogP contribution in [0.1, 0.15) is 5.56 Å². The summed E-state index contributed by atoms with van der Waals surface area (Å²) < 4.78 is 0. The first-order chi connectivity index (χ1) is 6.61. The number of halogens is 1. The molecule has 0 aliphatic carbocycles. The molecule has 0 atom stereocenters. The van der Waals surface area contributed by atoms with E-state index in [1.54, 1.807) is 25.1 Å². The summed E-state index contributed by atoms with van der Waals surface area (Å²) >= 11 is 5.44. The van der Waals surface area contributed by atoms with Gasteiger partial charge in [0.05, 0.1) is 5.70 Å². The van der Waals surface area contributed by atoms with E-state index < -0.39 is 5.24 Å². The standard InChI is InChI=1S/C11H12ClNO/c1-13(2)10(11(12)14)8-9-6-4-3-5-7-9/h3-8H,1-2H3. The zero-order valence-electron chi connectivity index (χ0n) is 8.20. The van der Waals surface area contributed by atoms with Crippen LogP contribution < -0.4 is 0 Å². The van der Waals surface area contributed by atoms with Crippen molar-refractivity contribution in [1.29, 1.82) is 0 Å². The highest BCUT2D eigenvalue weighted by molar-refractivity contribution is 6.67. The lowest BCUT2D eigenvalue weighted by molar-refractivity contribution is -0.109. The summed E-state index contributed by atoms with van der Waals surface area (Å²) in [6.45, 7) is 0. The molecular formula is C11H12ClNO. The molecule has 0 saturated carbocycles. The van der Waals surface area contributed by atoms with E-state index in [0.717, 1.165) is 5.56 Å². The second-order valence-corrected chi connectivity index (χ2v) is 3.45. The first-order valence-electron chi connectivity index (χ1n) is 4.25. The van der Waals surface area contributed by atoms with Crippen LogP contribution in [-0.4, -0.2) is 24.2 Å². The van der Waals surface area contributed by atoms with Crippen molar-refractivity contribution in [3.8, 4) is 0 Å². The van der Waals surface area contributed by atoms with Gasteiger partial charge in [-0.1, -0.05) is 30.3 Å². The van der Waals surface area contributed by atoms with E-state index in [2.05, 4.69) is 0 Å². The van der Waals surface area contributed by atoms with Crippen molar-refractivity contribution in [3.05, 3.63) is 41.6 Å². The number of nitrogens with zero attached hydrogens (tertiary/aromatic N) is 1. The van der Waals surface area contributed by atoms with E-state index in [0.29, 0.717) is 5.70 Å². The van der Waals surface area contributed by atoms with Crippen LogP contribution in [0.2, 0.25) is 0 Å². The van der Waals surface area contributed by atoms with E-state index in [1.807, 2.05) is 30.3 Å². The Labute approximate surface area is 88.8 Å². The number of hydrogen-bond acceptors (Lipinski definition) is 2. The molecule has 1 rings (SSSR count). The summed E-state index contributed by atoms with van der Waals surface area (Å²) in [6, 6.07) is 9.59. The van der Waals surface area contributed by atoms with Gasteiger partial charge in [0.25, 0.3) is 5.24 Å². The van der Waals surface area contributed by atoms with Crippen molar-refractivity contribution in [2.24, 2.45) is 0 Å². The Balaban J connectivity index is 3.00. The molecule has 74 valence electrons. The Morgan fingerprint density at radius 1 is 1.29 bits per heavy atom. The predicted octanol–water partition coefficient (Wildman–Crippen LogP) is 2.35. The minimum Gasteiger partial charge on any atom is -0.374 e. The average Bonchev–Trinajstić information content (AvgIpc) is 2.15. The van der Waals surface area contributed by atoms with Gasteiger partial charge in [-0.25, -0.2) is 0 Å². The molecule has 0 aliphatic rings. The van der Waals surface area contributed by atoms with Gasteiger partial charge >= 0.3 is 0 Å². The molecule has 0 fully saturated rings. The summed E-state index contributed by atoms with van der Waals surface area (Å²) in [4.78, 5) is 12.7. The summed E-state index contributed by atoms with van der Waals surface area (Å²) in [7, 11) is 3.57. The number of carbonyl (C=O) groups excluding carboxylic acids is 1. The Bertz CT molecular complexity index is 344. The van der Waals surface area contributed by atoms with E-state index >= 15 is 0 Å². The van der Waals surface area contributed by atoms with E-state index in [9.17, 15) is 4.79 Å². The van der Waals surface area contributed by atoms with E-state index in [-0.39, 0.29) is 0 Å². The van der Waals surface area contributed by atoms with Crippen LogP contribution in [0.4, 0.5) is 0 Å². The topological polar surface area (TPSA) is 20.3 Å². The lowest BCUT2D eigenvalue weighted by Crippen LogP contribution is -2.15. The molecule has 0 heterocycles. The fourth-order valence-corrected chi connectivity index (χ4v) is 1.29. The quantitative estimate of drug-likeness (QED) is 0.563. The summed E-state index contributed by atoms with van der Waals surface area (Å²) in [5.74, 6) is 0. The Morgan fingerprint density at radius 2 is 1.86 bits per heavy atom. The molecule has 0 N–H and O–H groups in total. The van der Waals surface area contributed by atoms with Gasteiger partial charge in [-0.3, -0.25) is 4.79 Å². The van der Waals surface area contributed by atoms with Gasteiger partial charge in [0.2, 0.25) is 0 Å². The maximum Gasteiger partial charge on any atom is 0.268 e. The number of carbonyl (C=O) groups is 1. The highest BCUT2D eigenvalue weighted by atomic mass is 35.5. The summed E-state index contributed by atoms with van der Waals surface area (Å²) in [5, 5.41) is -0.446. The Hall–Kier alpha value is -1.28. The molecule has 0 amide bonds. The van der Waals surface area contributed by atoms with Crippen molar-refractivity contribution in [1.82, 2.24) is 4.90 Å². The first-order valence-corrected chi connectivity index (χ1v) is 4.63. The van der Waals surface area contributed by atoms with Crippen LogP contribution in [-0.2, 0) is 4.79 Å². The third-order valence-corrected chi connectivity index (χ3v) is 1.98. The average molecular weight is 210 g/mol. The number of likely N-dealkylation sites (N-methyl/N-ethyl adjacent to an activating group) is 1. The second-order valence-electron chi connectivity index (χ2n) is 3.11. The highest BCUT2D eigenvalue weighted by Crippen LogP contribution is 2.10. The molecule has 0 spiro atoms. The van der Waals surface area contributed by atoms with Crippen LogP contribution in [0.5, 0.6) is 0 Å². The van der Waals surface area contributed by atoms with Gasteiger partial charge in [0.15, 0.2) is 0 Å². The zero-order chi connectivity index (χ0) is 10.6. The first kappa shape index (κ1) is 10.8. The number of benzene rings is 1. The normalized spacial score (nSPS) is 11.2. The smallest absolute Gasteiger partial charge is 0.268 e. The van der Waals surface area contributed by atoms with E-state index in [4.69, 9.17) is 11.6 Å². The fraction of sp³-hybridized carbons (Fsp3) is 0.182. The molecule has 2 nitrogen and oxygen atoms in total. The molecule has 1 aromatic rings. The van der Waals surface area contributed by atoms with Gasteiger partial charge in [0, 0.05) is 14.1 Å². The lowest BCUT2D eigenvalue weighted by atomic mass is 10.2. The molecule has 0 aromatic heterocycles. The van der Waals surface area contributed by atoms with Crippen molar-refractivity contribution in [2.45, 2.75) is 0 Å². The second kappa shape index (κ2) is 4.82. The molecule has 3 heteroatoms. The maximum atomic E-state index is 11.0. The summed E-state index contributed by atoms with van der Waals surface area (Å²) in [6.07, 6.45) is 1.76. The van der Waals surface area contributed by atoms with Crippen LogP contribution >= 0.6 is 11.6 Å². The molecule has 14 heavy (non-hydrogen) atoms. The van der Waals surface area contributed by atoms with Crippen molar-refractivity contribution >= 4 is 22.9 Å². The molecule has 0 aliphatic heterocycles. The van der Waals surface area contributed by atoms with Gasteiger partial charge in [0.1, 0.15) is 0 Å². The van der Waals surface area contributed by atoms with Crippen molar-refractivity contribution in [2.75, 3.05) is 14.1 Å². The zero-order valence-corrected chi connectivity index (χ0v) is 8.95. The van der Waals surface area contributed by atoms with Gasteiger partial charge in [-0.15, -0.1) is 0 Å². The Morgan fingerprint density at radius 3 is 2.29 bits per heavy atom. The van der Waals surface area contributed by atoms with Gasteiger partial charge < -0.3 is 4.90 Å². The molecule has 0 saturated heterocycles. The van der Waals surface area contributed by atoms with Crippen LogP contribution in [0.3, 0.4) is 0 Å². The predicted molar refractivity (Wildman–Crippen MR) is 59.0 cm³/mol. The molecular weight excluding hydrogens is 198 g/mol. The number of allylic oxidation sites excluding steroid dienone is 1. The van der Waals surface area contributed by atoms with Gasteiger partial charge in [-0.05, 0) is 23.2 Å². The van der Waals surface area contributed by atoms with Crippen molar-refractivity contribution in [3.63, 3.8) is 0 Å². The van der Waals surface area contributed by atoms with Crippen LogP contribution in [0, 0.1) is 0 Å². The Kier molecular flexibility index (Phi) is 3.72. The van der Waals surface area contributed by atoms with Crippen LogP contribution in [0.15, 0.2) is 36.0 Å². The molecule has 0 radical (unpaired) electrons. The number of hydrogen-bond donors (Lipinski definition) is 0. The lowest BCUT2D eigenvalue weighted by Gasteiger charge is -2.12. The maximum absolute atomic E-state index is 11.0. The molecule has 0 bridgehead atoms.